The average Bonchev–Trinajstić information content (AvgIpc) is 3.16. The summed E-state index contributed by atoms with van der Waals surface area (Å²) in [5.41, 5.74) is 0.0695. The molecular weight excluding hydrogens is 278 g/mol. The van der Waals surface area contributed by atoms with Crippen molar-refractivity contribution >= 4 is 27.8 Å². The van der Waals surface area contributed by atoms with Gasteiger partial charge in [0.2, 0.25) is 0 Å². The van der Waals surface area contributed by atoms with E-state index in [1.165, 1.54) is 37.2 Å². The van der Waals surface area contributed by atoms with E-state index in [0.29, 0.717) is 9.88 Å². The highest BCUT2D eigenvalue weighted by Crippen LogP contribution is 2.39. The minimum atomic E-state index is -0.383. The number of nitro groups is 1. The Labute approximate surface area is 121 Å². The molecule has 0 unspecified atom stereocenters. The van der Waals surface area contributed by atoms with Crippen molar-refractivity contribution in [3.05, 3.63) is 21.1 Å². The molecule has 0 N–H and O–H groups in total. The van der Waals surface area contributed by atoms with Gasteiger partial charge >= 0.3 is 5.69 Å². The Hall–Kier alpha value is -1.47. The number of carbonyl (C=O) groups excluding carboxylic acids is 1. The topological polar surface area (TPSA) is 66.7 Å². The summed E-state index contributed by atoms with van der Waals surface area (Å²) in [6.45, 7) is 4.96. The second-order valence-electron chi connectivity index (χ2n) is 5.37. The molecule has 20 heavy (non-hydrogen) atoms. The van der Waals surface area contributed by atoms with Crippen molar-refractivity contribution in [2.75, 3.05) is 31.1 Å². The summed E-state index contributed by atoms with van der Waals surface area (Å²) >= 11 is 1.24. The summed E-state index contributed by atoms with van der Waals surface area (Å²) in [6, 6.07) is 2.15. The predicted octanol–water partition coefficient (Wildman–Crippen LogP) is 2.14. The number of Topliss-reactive ketones (excluding diaryl/α,β-unsaturated/α-hetero) is 1. The second-order valence-corrected chi connectivity index (χ2v) is 6.40. The molecular formula is C13H17N3O3S. The van der Waals surface area contributed by atoms with Crippen molar-refractivity contribution in [1.29, 1.82) is 0 Å². The van der Waals surface area contributed by atoms with Crippen molar-refractivity contribution in [1.82, 2.24) is 4.90 Å². The lowest BCUT2D eigenvalue weighted by atomic mass is 10.3. The van der Waals surface area contributed by atoms with Gasteiger partial charge in [-0.2, -0.15) is 0 Å². The standard InChI is InChI=1S/C13H17N3O3S/c1-9(17)12-8-11(16(18)19)13(20-12)15-6-4-14(5-7-15)10-2-3-10/h8,10H,2-7H2,1H3. The fraction of sp³-hybridized carbons (Fsp3) is 0.615. The summed E-state index contributed by atoms with van der Waals surface area (Å²) in [6.07, 6.45) is 2.57. The highest BCUT2D eigenvalue weighted by atomic mass is 32.1. The number of carbonyl (C=O) groups is 1. The number of piperazine rings is 1. The van der Waals surface area contributed by atoms with Crippen molar-refractivity contribution in [2.45, 2.75) is 25.8 Å². The molecule has 1 saturated heterocycles. The third-order valence-electron chi connectivity index (χ3n) is 3.90. The molecule has 0 spiro atoms. The minimum Gasteiger partial charge on any atom is -0.355 e. The molecule has 1 aliphatic carbocycles. The average molecular weight is 295 g/mol. The zero-order valence-corrected chi connectivity index (χ0v) is 12.2. The van der Waals surface area contributed by atoms with Crippen molar-refractivity contribution in [2.24, 2.45) is 0 Å². The summed E-state index contributed by atoms with van der Waals surface area (Å²) < 4.78 is 0. The van der Waals surface area contributed by atoms with Gasteiger partial charge in [-0.05, 0) is 19.8 Å². The van der Waals surface area contributed by atoms with Gasteiger partial charge in [0.1, 0.15) is 0 Å². The minimum absolute atomic E-state index is 0.0695. The zero-order valence-electron chi connectivity index (χ0n) is 11.4. The van der Waals surface area contributed by atoms with Gasteiger partial charge in [-0.15, -0.1) is 11.3 Å². The molecule has 2 aliphatic rings. The molecule has 0 bridgehead atoms. The van der Waals surface area contributed by atoms with Crippen LogP contribution in [0, 0.1) is 10.1 Å². The molecule has 2 fully saturated rings. The molecule has 108 valence electrons. The SMILES string of the molecule is CC(=O)c1cc([N+](=O)[O-])c(N2CCN(C3CC3)CC2)s1. The van der Waals surface area contributed by atoms with Crippen LogP contribution in [0.4, 0.5) is 10.7 Å². The molecule has 0 amide bonds. The summed E-state index contributed by atoms with van der Waals surface area (Å²) in [5.74, 6) is -0.110. The highest BCUT2D eigenvalue weighted by Gasteiger charge is 2.33. The molecule has 1 aromatic heterocycles. The van der Waals surface area contributed by atoms with E-state index in [-0.39, 0.29) is 16.4 Å². The number of ketones is 1. The highest BCUT2D eigenvalue weighted by molar-refractivity contribution is 7.18. The predicted molar refractivity (Wildman–Crippen MR) is 77.8 cm³/mol. The Balaban J connectivity index is 1.78. The van der Waals surface area contributed by atoms with Crippen molar-refractivity contribution in [3.63, 3.8) is 0 Å². The van der Waals surface area contributed by atoms with Crippen LogP contribution in [0.2, 0.25) is 0 Å². The molecule has 2 heterocycles. The first-order valence-corrected chi connectivity index (χ1v) is 7.66. The van der Waals surface area contributed by atoms with Gasteiger partial charge in [0.15, 0.2) is 10.8 Å². The van der Waals surface area contributed by atoms with Gasteiger partial charge in [-0.25, -0.2) is 0 Å². The number of nitrogens with zero attached hydrogens (tertiary/aromatic N) is 3. The maximum Gasteiger partial charge on any atom is 0.304 e. The summed E-state index contributed by atoms with van der Waals surface area (Å²) in [7, 11) is 0. The third kappa shape index (κ3) is 2.55. The van der Waals surface area contributed by atoms with Gasteiger partial charge in [0.05, 0.1) is 9.80 Å². The first-order chi connectivity index (χ1) is 9.56. The van der Waals surface area contributed by atoms with E-state index in [1.54, 1.807) is 0 Å². The van der Waals surface area contributed by atoms with Crippen LogP contribution >= 0.6 is 11.3 Å². The lowest BCUT2D eigenvalue weighted by Crippen LogP contribution is -2.47. The lowest BCUT2D eigenvalue weighted by molar-refractivity contribution is -0.383. The van der Waals surface area contributed by atoms with Crippen molar-refractivity contribution < 1.29 is 9.72 Å². The molecule has 1 aromatic rings. The Bertz CT molecular complexity index is 545. The quantitative estimate of drug-likeness (QED) is 0.484. The van der Waals surface area contributed by atoms with E-state index in [2.05, 4.69) is 4.90 Å². The number of hydrogen-bond donors (Lipinski definition) is 0. The molecule has 1 saturated carbocycles. The Morgan fingerprint density at radius 1 is 1.35 bits per heavy atom. The first-order valence-electron chi connectivity index (χ1n) is 6.84. The Morgan fingerprint density at radius 2 is 2.00 bits per heavy atom. The lowest BCUT2D eigenvalue weighted by Gasteiger charge is -2.34. The number of hydrogen-bond acceptors (Lipinski definition) is 6. The van der Waals surface area contributed by atoms with E-state index >= 15 is 0 Å². The first kappa shape index (κ1) is 13.5. The van der Waals surface area contributed by atoms with Crippen molar-refractivity contribution in [3.8, 4) is 0 Å². The van der Waals surface area contributed by atoms with Gasteiger partial charge in [-0.3, -0.25) is 19.8 Å². The largest absolute Gasteiger partial charge is 0.355 e. The molecule has 6 nitrogen and oxygen atoms in total. The normalized spacial score (nSPS) is 20.1. The summed E-state index contributed by atoms with van der Waals surface area (Å²) in [4.78, 5) is 27.2. The zero-order chi connectivity index (χ0) is 14.3. The van der Waals surface area contributed by atoms with E-state index in [9.17, 15) is 14.9 Å². The number of anilines is 1. The van der Waals surface area contributed by atoms with Crippen LogP contribution in [0.15, 0.2) is 6.07 Å². The maximum absolute atomic E-state index is 11.4. The van der Waals surface area contributed by atoms with Gasteiger partial charge in [-0.1, -0.05) is 0 Å². The van der Waals surface area contributed by atoms with Crippen LogP contribution in [0.25, 0.3) is 0 Å². The van der Waals surface area contributed by atoms with Crippen LogP contribution in [-0.2, 0) is 0 Å². The Morgan fingerprint density at radius 3 is 2.50 bits per heavy atom. The van der Waals surface area contributed by atoms with Crippen LogP contribution in [0.3, 0.4) is 0 Å². The van der Waals surface area contributed by atoms with E-state index < -0.39 is 0 Å². The van der Waals surface area contributed by atoms with E-state index in [1.807, 2.05) is 4.90 Å². The number of rotatable bonds is 4. The monoisotopic (exact) mass is 295 g/mol. The fourth-order valence-electron chi connectivity index (χ4n) is 2.63. The second kappa shape index (κ2) is 5.14. The smallest absolute Gasteiger partial charge is 0.304 e. The van der Waals surface area contributed by atoms with E-state index in [0.717, 1.165) is 32.2 Å². The fourth-order valence-corrected chi connectivity index (χ4v) is 3.70. The molecule has 0 atom stereocenters. The van der Waals surface area contributed by atoms with Crippen LogP contribution < -0.4 is 4.90 Å². The molecule has 0 radical (unpaired) electrons. The molecule has 7 heteroatoms. The van der Waals surface area contributed by atoms with Gasteiger partial charge in [0, 0.05) is 38.3 Å². The van der Waals surface area contributed by atoms with Gasteiger partial charge in [0.25, 0.3) is 0 Å². The van der Waals surface area contributed by atoms with Crippen LogP contribution in [-0.4, -0.2) is 47.8 Å². The van der Waals surface area contributed by atoms with Gasteiger partial charge < -0.3 is 4.90 Å². The molecule has 1 aliphatic heterocycles. The maximum atomic E-state index is 11.4. The van der Waals surface area contributed by atoms with E-state index in [4.69, 9.17) is 0 Å². The Kier molecular flexibility index (Phi) is 3.47. The number of thiophene rings is 1. The molecule has 3 rings (SSSR count). The van der Waals surface area contributed by atoms with Crippen LogP contribution in [0.1, 0.15) is 29.4 Å². The third-order valence-corrected chi connectivity index (χ3v) is 5.19. The summed E-state index contributed by atoms with van der Waals surface area (Å²) in [5, 5.41) is 11.8. The van der Waals surface area contributed by atoms with Crippen LogP contribution in [0.5, 0.6) is 0 Å². The molecule has 0 aromatic carbocycles.